The first-order valence-electron chi connectivity index (χ1n) is 7.51. The quantitative estimate of drug-likeness (QED) is 0.834. The SMILES string of the molecule is Cl.Cl.NCc1cc(C(=O)Nc2ccc(N3CCOCC3)nc2)ccn1. The van der Waals surface area contributed by atoms with E-state index in [0.717, 1.165) is 18.9 Å². The minimum absolute atomic E-state index is 0. The van der Waals surface area contributed by atoms with Crippen LogP contribution in [0.25, 0.3) is 0 Å². The second-order valence-electron chi connectivity index (χ2n) is 5.20. The number of anilines is 2. The predicted molar refractivity (Wildman–Crippen MR) is 102 cm³/mol. The van der Waals surface area contributed by atoms with Gasteiger partial charge in [0.1, 0.15) is 5.82 Å². The number of ether oxygens (including phenoxy) is 1. The molecule has 7 nitrogen and oxygen atoms in total. The Morgan fingerprint density at radius 3 is 2.60 bits per heavy atom. The van der Waals surface area contributed by atoms with Crippen LogP contribution in [0.1, 0.15) is 16.1 Å². The van der Waals surface area contributed by atoms with E-state index in [9.17, 15) is 4.79 Å². The number of nitrogens with zero attached hydrogens (tertiary/aromatic N) is 3. The molecule has 1 aliphatic heterocycles. The van der Waals surface area contributed by atoms with Crippen LogP contribution in [0.15, 0.2) is 36.7 Å². The molecule has 2 aromatic rings. The lowest BCUT2D eigenvalue weighted by Gasteiger charge is -2.27. The summed E-state index contributed by atoms with van der Waals surface area (Å²) in [4.78, 5) is 22.9. The Morgan fingerprint density at radius 1 is 1.20 bits per heavy atom. The van der Waals surface area contributed by atoms with Gasteiger partial charge in [-0.25, -0.2) is 4.98 Å². The molecule has 0 aliphatic carbocycles. The Hall–Kier alpha value is -1.93. The van der Waals surface area contributed by atoms with Crippen molar-refractivity contribution in [2.24, 2.45) is 5.73 Å². The van der Waals surface area contributed by atoms with Crippen molar-refractivity contribution in [3.8, 4) is 0 Å². The van der Waals surface area contributed by atoms with Crippen molar-refractivity contribution >= 4 is 42.2 Å². The third-order valence-corrected chi connectivity index (χ3v) is 3.63. The van der Waals surface area contributed by atoms with Gasteiger partial charge in [0.25, 0.3) is 5.91 Å². The first kappa shape index (κ1) is 21.1. The largest absolute Gasteiger partial charge is 0.378 e. The minimum Gasteiger partial charge on any atom is -0.378 e. The monoisotopic (exact) mass is 385 g/mol. The van der Waals surface area contributed by atoms with E-state index in [2.05, 4.69) is 20.2 Å². The van der Waals surface area contributed by atoms with Gasteiger partial charge in [-0.2, -0.15) is 0 Å². The molecule has 1 amide bonds. The number of pyridine rings is 2. The molecule has 0 spiro atoms. The van der Waals surface area contributed by atoms with Gasteiger partial charge in [0.15, 0.2) is 0 Å². The van der Waals surface area contributed by atoms with Crippen LogP contribution in [0.3, 0.4) is 0 Å². The van der Waals surface area contributed by atoms with Gasteiger partial charge >= 0.3 is 0 Å². The highest BCUT2D eigenvalue weighted by Gasteiger charge is 2.13. The Morgan fingerprint density at radius 2 is 1.96 bits per heavy atom. The van der Waals surface area contributed by atoms with E-state index in [1.54, 1.807) is 24.5 Å². The summed E-state index contributed by atoms with van der Waals surface area (Å²) >= 11 is 0. The zero-order valence-corrected chi connectivity index (χ0v) is 15.2. The van der Waals surface area contributed by atoms with Crippen molar-refractivity contribution in [1.82, 2.24) is 9.97 Å². The van der Waals surface area contributed by atoms with Crippen molar-refractivity contribution in [2.75, 3.05) is 36.5 Å². The second-order valence-corrected chi connectivity index (χ2v) is 5.20. The number of hydrogen-bond acceptors (Lipinski definition) is 6. The van der Waals surface area contributed by atoms with Gasteiger partial charge in [0.2, 0.25) is 0 Å². The van der Waals surface area contributed by atoms with E-state index in [1.165, 1.54) is 0 Å². The minimum atomic E-state index is -0.206. The van der Waals surface area contributed by atoms with Crippen molar-refractivity contribution < 1.29 is 9.53 Å². The fraction of sp³-hybridized carbons (Fsp3) is 0.312. The van der Waals surface area contributed by atoms with Gasteiger partial charge in [-0.3, -0.25) is 9.78 Å². The van der Waals surface area contributed by atoms with Crippen LogP contribution in [-0.4, -0.2) is 42.2 Å². The molecular formula is C16H21Cl2N5O2. The summed E-state index contributed by atoms with van der Waals surface area (Å²) in [6.45, 7) is 3.39. The van der Waals surface area contributed by atoms with E-state index in [4.69, 9.17) is 10.5 Å². The summed E-state index contributed by atoms with van der Waals surface area (Å²) in [7, 11) is 0. The number of nitrogens with one attached hydrogen (secondary N) is 1. The lowest BCUT2D eigenvalue weighted by atomic mass is 10.2. The number of morpholine rings is 1. The van der Waals surface area contributed by atoms with E-state index >= 15 is 0 Å². The van der Waals surface area contributed by atoms with Gasteiger partial charge in [-0.05, 0) is 24.3 Å². The fourth-order valence-corrected chi connectivity index (χ4v) is 2.37. The van der Waals surface area contributed by atoms with Crippen molar-refractivity contribution in [3.63, 3.8) is 0 Å². The molecule has 0 saturated carbocycles. The Balaban J connectivity index is 0.00000156. The van der Waals surface area contributed by atoms with E-state index < -0.39 is 0 Å². The molecule has 25 heavy (non-hydrogen) atoms. The number of nitrogens with two attached hydrogens (primary N) is 1. The smallest absolute Gasteiger partial charge is 0.255 e. The van der Waals surface area contributed by atoms with Crippen molar-refractivity contribution in [3.05, 3.63) is 47.9 Å². The lowest BCUT2D eigenvalue weighted by Crippen LogP contribution is -2.36. The van der Waals surface area contributed by atoms with E-state index in [0.29, 0.717) is 36.7 Å². The van der Waals surface area contributed by atoms with Crippen molar-refractivity contribution in [2.45, 2.75) is 6.54 Å². The van der Waals surface area contributed by atoms with Gasteiger partial charge in [-0.15, -0.1) is 24.8 Å². The summed E-state index contributed by atoms with van der Waals surface area (Å²) in [5.74, 6) is 0.684. The summed E-state index contributed by atoms with van der Waals surface area (Å²) in [6, 6.07) is 7.09. The van der Waals surface area contributed by atoms with E-state index in [1.807, 2.05) is 12.1 Å². The topological polar surface area (TPSA) is 93.4 Å². The number of amides is 1. The summed E-state index contributed by atoms with van der Waals surface area (Å²) in [5.41, 5.74) is 7.40. The number of carbonyl (C=O) groups is 1. The normalized spacial score (nSPS) is 13.4. The number of carbonyl (C=O) groups excluding carboxylic acids is 1. The number of halogens is 2. The molecule has 3 heterocycles. The molecule has 2 aromatic heterocycles. The lowest BCUT2D eigenvalue weighted by molar-refractivity contribution is 0.102. The summed E-state index contributed by atoms with van der Waals surface area (Å²) < 4.78 is 5.32. The van der Waals surface area contributed by atoms with Gasteiger partial charge in [0.05, 0.1) is 30.8 Å². The Bertz CT molecular complexity index is 678. The van der Waals surface area contributed by atoms with Crippen LogP contribution in [0.2, 0.25) is 0 Å². The molecule has 0 unspecified atom stereocenters. The maximum absolute atomic E-state index is 12.2. The fourth-order valence-electron chi connectivity index (χ4n) is 2.37. The maximum atomic E-state index is 12.2. The highest BCUT2D eigenvalue weighted by Crippen LogP contribution is 2.16. The molecular weight excluding hydrogens is 365 g/mol. The van der Waals surface area contributed by atoms with Crippen molar-refractivity contribution in [1.29, 1.82) is 0 Å². The predicted octanol–water partition coefficient (Wildman–Crippen LogP) is 1.87. The van der Waals surface area contributed by atoms with Crippen LogP contribution < -0.4 is 16.0 Å². The molecule has 1 saturated heterocycles. The molecule has 3 rings (SSSR count). The first-order chi connectivity index (χ1) is 11.3. The Kier molecular flexibility index (Phi) is 8.57. The first-order valence-corrected chi connectivity index (χ1v) is 7.51. The molecule has 3 N–H and O–H groups in total. The third-order valence-electron chi connectivity index (χ3n) is 3.63. The molecule has 0 aromatic carbocycles. The highest BCUT2D eigenvalue weighted by atomic mass is 35.5. The van der Waals surface area contributed by atoms with Crippen LogP contribution in [-0.2, 0) is 11.3 Å². The van der Waals surface area contributed by atoms with Crippen LogP contribution in [0.4, 0.5) is 11.5 Å². The van der Waals surface area contributed by atoms with E-state index in [-0.39, 0.29) is 30.7 Å². The zero-order valence-electron chi connectivity index (χ0n) is 13.6. The molecule has 1 fully saturated rings. The average Bonchev–Trinajstić information content (AvgIpc) is 2.63. The summed E-state index contributed by atoms with van der Waals surface area (Å²) in [5, 5.41) is 2.83. The molecule has 9 heteroatoms. The summed E-state index contributed by atoms with van der Waals surface area (Å²) in [6.07, 6.45) is 3.24. The second kappa shape index (κ2) is 10.1. The molecule has 0 atom stereocenters. The van der Waals surface area contributed by atoms with Gasteiger partial charge in [-0.1, -0.05) is 0 Å². The molecule has 1 aliphatic rings. The van der Waals surface area contributed by atoms with Crippen LogP contribution in [0.5, 0.6) is 0 Å². The highest BCUT2D eigenvalue weighted by molar-refractivity contribution is 6.04. The number of aromatic nitrogens is 2. The zero-order chi connectivity index (χ0) is 16.1. The number of hydrogen-bond donors (Lipinski definition) is 2. The molecule has 0 radical (unpaired) electrons. The van der Waals surface area contributed by atoms with Crippen LogP contribution >= 0.6 is 24.8 Å². The average molecular weight is 386 g/mol. The Labute approximate surface area is 158 Å². The van der Waals surface area contributed by atoms with Gasteiger partial charge < -0.3 is 20.7 Å². The standard InChI is InChI=1S/C16H19N5O2.2ClH/c17-10-14-9-12(3-4-18-14)16(22)20-13-1-2-15(19-11-13)21-5-7-23-8-6-21;;/h1-4,9,11H,5-8,10,17H2,(H,20,22);2*1H. The molecule has 136 valence electrons. The maximum Gasteiger partial charge on any atom is 0.255 e. The number of rotatable bonds is 4. The van der Waals surface area contributed by atoms with Crippen LogP contribution in [0, 0.1) is 0 Å². The van der Waals surface area contributed by atoms with Gasteiger partial charge in [0, 0.05) is 31.4 Å². The molecule has 0 bridgehead atoms. The third kappa shape index (κ3) is 5.54.